The predicted octanol–water partition coefficient (Wildman–Crippen LogP) is 2.96. The molecule has 2 saturated heterocycles. The van der Waals surface area contributed by atoms with Crippen molar-refractivity contribution in [1.82, 2.24) is 9.88 Å². The molecule has 1 amide bonds. The molecule has 0 radical (unpaired) electrons. The van der Waals surface area contributed by atoms with E-state index in [-0.39, 0.29) is 11.3 Å². The van der Waals surface area contributed by atoms with Crippen LogP contribution in [0.5, 0.6) is 0 Å². The summed E-state index contributed by atoms with van der Waals surface area (Å²) in [7, 11) is 0. The summed E-state index contributed by atoms with van der Waals surface area (Å²) >= 11 is 0. The highest BCUT2D eigenvalue weighted by molar-refractivity contribution is 5.99. The zero-order chi connectivity index (χ0) is 17.7. The molecule has 4 rings (SSSR count). The lowest BCUT2D eigenvalue weighted by Gasteiger charge is -2.39. The van der Waals surface area contributed by atoms with Gasteiger partial charge in [0, 0.05) is 31.9 Å². The number of carbonyl (C=O) groups is 1. The number of aromatic nitrogens is 1. The number of amides is 1. The maximum Gasteiger partial charge on any atom is 0.257 e. The fraction of sp³-hybridized carbons (Fsp3) is 0.700. The number of pyridine rings is 1. The third-order valence-electron chi connectivity index (χ3n) is 6.00. The Kier molecular flexibility index (Phi) is 4.02. The molecule has 2 aliphatic heterocycles. The maximum absolute atomic E-state index is 13.4. The highest BCUT2D eigenvalue weighted by atomic mass is 16.5. The van der Waals surface area contributed by atoms with Crippen molar-refractivity contribution >= 4 is 11.7 Å². The van der Waals surface area contributed by atoms with Gasteiger partial charge in [0.1, 0.15) is 5.82 Å². The summed E-state index contributed by atoms with van der Waals surface area (Å²) in [5, 5.41) is 0. The predicted molar refractivity (Wildman–Crippen MR) is 97.8 cm³/mol. The SMILES string of the molecule is CC1(C)CC2CC(C)(CN2C(=O)c2cccnc2N2CCOCC2)C1. The lowest BCUT2D eigenvalue weighted by Crippen LogP contribution is -2.41. The summed E-state index contributed by atoms with van der Waals surface area (Å²) < 4.78 is 5.45. The van der Waals surface area contributed by atoms with Gasteiger partial charge in [0.2, 0.25) is 0 Å². The molecular weight excluding hydrogens is 314 g/mol. The quantitative estimate of drug-likeness (QED) is 0.828. The minimum Gasteiger partial charge on any atom is -0.378 e. The van der Waals surface area contributed by atoms with E-state index in [0.29, 0.717) is 24.7 Å². The molecule has 0 N–H and O–H groups in total. The molecule has 1 saturated carbocycles. The molecular formula is C20H29N3O2. The number of likely N-dealkylation sites (tertiary alicyclic amines) is 1. The Morgan fingerprint density at radius 1 is 1.24 bits per heavy atom. The van der Waals surface area contributed by atoms with Crippen LogP contribution in [0.4, 0.5) is 5.82 Å². The van der Waals surface area contributed by atoms with Crippen molar-refractivity contribution < 1.29 is 9.53 Å². The molecule has 2 unspecified atom stereocenters. The van der Waals surface area contributed by atoms with E-state index in [1.807, 2.05) is 12.1 Å². The Morgan fingerprint density at radius 3 is 2.76 bits per heavy atom. The van der Waals surface area contributed by atoms with Gasteiger partial charge in [0.15, 0.2) is 0 Å². The van der Waals surface area contributed by atoms with E-state index in [9.17, 15) is 4.79 Å². The number of morpholine rings is 1. The molecule has 1 aliphatic carbocycles. The number of fused-ring (bicyclic) bond motifs is 2. The molecule has 0 spiro atoms. The number of ether oxygens (including phenoxy) is 1. The van der Waals surface area contributed by atoms with Crippen LogP contribution < -0.4 is 4.90 Å². The number of carbonyl (C=O) groups excluding carboxylic acids is 1. The Hall–Kier alpha value is -1.62. The summed E-state index contributed by atoms with van der Waals surface area (Å²) in [5.41, 5.74) is 1.32. The first-order chi connectivity index (χ1) is 11.9. The number of nitrogens with zero attached hydrogens (tertiary/aromatic N) is 3. The Balaban J connectivity index is 1.62. The summed E-state index contributed by atoms with van der Waals surface area (Å²) in [6.07, 6.45) is 5.22. The van der Waals surface area contributed by atoms with Crippen LogP contribution in [-0.2, 0) is 4.74 Å². The van der Waals surface area contributed by atoms with Gasteiger partial charge in [-0.05, 0) is 42.2 Å². The summed E-state index contributed by atoms with van der Waals surface area (Å²) in [6.45, 7) is 10.9. The summed E-state index contributed by atoms with van der Waals surface area (Å²) in [6, 6.07) is 4.18. The van der Waals surface area contributed by atoms with Crippen LogP contribution >= 0.6 is 0 Å². The molecule has 3 fully saturated rings. The second-order valence-electron chi connectivity index (χ2n) is 9.12. The molecule has 136 valence electrons. The lowest BCUT2D eigenvalue weighted by molar-refractivity contribution is 0.0707. The van der Waals surface area contributed by atoms with Crippen LogP contribution in [0.25, 0.3) is 0 Å². The third-order valence-corrected chi connectivity index (χ3v) is 6.00. The molecule has 1 aromatic heterocycles. The molecule has 2 bridgehead atoms. The van der Waals surface area contributed by atoms with Gasteiger partial charge >= 0.3 is 0 Å². The van der Waals surface area contributed by atoms with Crippen LogP contribution in [0.2, 0.25) is 0 Å². The van der Waals surface area contributed by atoms with E-state index >= 15 is 0 Å². The van der Waals surface area contributed by atoms with Gasteiger partial charge in [-0.3, -0.25) is 4.79 Å². The zero-order valence-electron chi connectivity index (χ0n) is 15.6. The smallest absolute Gasteiger partial charge is 0.257 e. The molecule has 25 heavy (non-hydrogen) atoms. The first-order valence-corrected chi connectivity index (χ1v) is 9.46. The highest BCUT2D eigenvalue weighted by Crippen LogP contribution is 2.52. The molecule has 3 aliphatic rings. The van der Waals surface area contributed by atoms with Crippen LogP contribution in [0.1, 0.15) is 50.4 Å². The second kappa shape index (κ2) is 5.97. The van der Waals surface area contributed by atoms with Crippen molar-refractivity contribution in [2.45, 2.75) is 46.1 Å². The van der Waals surface area contributed by atoms with Gasteiger partial charge in [0.25, 0.3) is 5.91 Å². The minimum atomic E-state index is 0.154. The Bertz CT molecular complexity index is 669. The van der Waals surface area contributed by atoms with E-state index in [1.54, 1.807) is 6.20 Å². The van der Waals surface area contributed by atoms with Gasteiger partial charge in [-0.2, -0.15) is 0 Å². The maximum atomic E-state index is 13.4. The molecule has 5 nitrogen and oxygen atoms in total. The molecule has 3 heterocycles. The standard InChI is InChI=1S/C20H29N3O2/c1-19(2)11-15-12-20(3,13-19)14-23(15)18(24)16-5-4-6-21-17(16)22-7-9-25-10-8-22/h4-6,15H,7-14H2,1-3H3. The molecule has 2 atom stereocenters. The topological polar surface area (TPSA) is 45.7 Å². The number of anilines is 1. The zero-order valence-corrected chi connectivity index (χ0v) is 15.6. The van der Waals surface area contributed by atoms with Gasteiger partial charge in [0.05, 0.1) is 18.8 Å². The average molecular weight is 343 g/mol. The van der Waals surface area contributed by atoms with Crippen molar-refractivity contribution in [3.8, 4) is 0 Å². The number of hydrogen-bond acceptors (Lipinski definition) is 4. The van der Waals surface area contributed by atoms with Gasteiger partial charge < -0.3 is 14.5 Å². The number of rotatable bonds is 2. The molecule has 1 aromatic rings. The van der Waals surface area contributed by atoms with Crippen molar-refractivity contribution in [3.63, 3.8) is 0 Å². The van der Waals surface area contributed by atoms with Crippen LogP contribution in [0.15, 0.2) is 18.3 Å². The largest absolute Gasteiger partial charge is 0.378 e. The normalized spacial score (nSPS) is 31.2. The van der Waals surface area contributed by atoms with E-state index in [0.717, 1.165) is 43.9 Å². The first-order valence-electron chi connectivity index (χ1n) is 9.46. The van der Waals surface area contributed by atoms with Crippen LogP contribution in [0, 0.1) is 10.8 Å². The first kappa shape index (κ1) is 16.8. The van der Waals surface area contributed by atoms with E-state index < -0.39 is 0 Å². The third kappa shape index (κ3) is 3.14. The molecule has 0 aromatic carbocycles. The second-order valence-corrected chi connectivity index (χ2v) is 9.12. The van der Waals surface area contributed by atoms with E-state index in [4.69, 9.17) is 4.74 Å². The monoisotopic (exact) mass is 343 g/mol. The summed E-state index contributed by atoms with van der Waals surface area (Å²) in [5.74, 6) is 0.975. The lowest BCUT2D eigenvalue weighted by atomic mass is 9.65. The van der Waals surface area contributed by atoms with Gasteiger partial charge in [-0.1, -0.05) is 20.8 Å². The van der Waals surface area contributed by atoms with Gasteiger partial charge in [-0.25, -0.2) is 4.98 Å². The highest BCUT2D eigenvalue weighted by Gasteiger charge is 2.51. The Morgan fingerprint density at radius 2 is 2.00 bits per heavy atom. The van der Waals surface area contributed by atoms with E-state index in [1.165, 1.54) is 6.42 Å². The van der Waals surface area contributed by atoms with Crippen molar-refractivity contribution in [2.75, 3.05) is 37.7 Å². The molecule has 5 heteroatoms. The van der Waals surface area contributed by atoms with Crippen molar-refractivity contribution in [3.05, 3.63) is 23.9 Å². The average Bonchev–Trinajstić information content (AvgIpc) is 2.84. The van der Waals surface area contributed by atoms with E-state index in [2.05, 4.69) is 35.6 Å². The van der Waals surface area contributed by atoms with Crippen molar-refractivity contribution in [1.29, 1.82) is 0 Å². The Labute approximate surface area is 150 Å². The summed E-state index contributed by atoms with van der Waals surface area (Å²) in [4.78, 5) is 22.3. The van der Waals surface area contributed by atoms with Crippen molar-refractivity contribution in [2.24, 2.45) is 10.8 Å². The number of hydrogen-bond donors (Lipinski definition) is 0. The minimum absolute atomic E-state index is 0.154. The fourth-order valence-electron chi connectivity index (χ4n) is 5.44. The van der Waals surface area contributed by atoms with Crippen LogP contribution in [-0.4, -0.2) is 54.7 Å². The van der Waals surface area contributed by atoms with Gasteiger partial charge in [-0.15, -0.1) is 0 Å². The van der Waals surface area contributed by atoms with Crippen LogP contribution in [0.3, 0.4) is 0 Å². The fourth-order valence-corrected chi connectivity index (χ4v) is 5.44.